The quantitative estimate of drug-likeness (QED) is 0.333. The highest BCUT2D eigenvalue weighted by Crippen LogP contribution is 2.68. The summed E-state index contributed by atoms with van der Waals surface area (Å²) in [5, 5.41) is 66.0. The molecule has 0 heterocycles. The van der Waals surface area contributed by atoms with Crippen molar-refractivity contribution in [2.24, 2.45) is 28.6 Å². The van der Waals surface area contributed by atoms with E-state index < -0.39 is 52.4 Å². The fourth-order valence-electron chi connectivity index (χ4n) is 7.34. The molecule has 4 fully saturated rings. The van der Waals surface area contributed by atoms with Crippen LogP contribution in [0.5, 0.6) is 0 Å². The van der Waals surface area contributed by atoms with E-state index in [2.05, 4.69) is 6.58 Å². The maximum Gasteiger partial charge on any atom is 0.107 e. The van der Waals surface area contributed by atoms with Gasteiger partial charge in [0.05, 0.1) is 30.0 Å². The van der Waals surface area contributed by atoms with E-state index in [9.17, 15) is 30.6 Å². The Hall–Kier alpha value is -0.500. The lowest BCUT2D eigenvalue weighted by molar-refractivity contribution is -0.174. The fourth-order valence-corrected chi connectivity index (χ4v) is 7.34. The molecule has 1 spiro atoms. The van der Waals surface area contributed by atoms with Gasteiger partial charge in [-0.1, -0.05) is 26.0 Å². The van der Waals surface area contributed by atoms with E-state index in [0.717, 1.165) is 0 Å². The van der Waals surface area contributed by atoms with Crippen LogP contribution in [-0.2, 0) is 0 Å². The molecule has 2 bridgehead atoms. The molecule has 10 atom stereocenters. The van der Waals surface area contributed by atoms with Crippen LogP contribution in [0.25, 0.3) is 0 Å². The lowest BCUT2D eigenvalue weighted by Gasteiger charge is -2.46. The molecule has 0 aromatic rings. The number of rotatable bonds is 0. The zero-order chi connectivity index (χ0) is 19.4. The second-order valence-corrected chi connectivity index (χ2v) is 10.2. The van der Waals surface area contributed by atoms with E-state index in [-0.39, 0.29) is 18.3 Å². The molecular weight excluding hydrogens is 336 g/mol. The topological polar surface area (TPSA) is 121 Å². The molecule has 0 saturated heterocycles. The van der Waals surface area contributed by atoms with E-state index in [0.29, 0.717) is 24.8 Å². The zero-order valence-corrected chi connectivity index (χ0v) is 15.8. The van der Waals surface area contributed by atoms with Gasteiger partial charge in [-0.25, -0.2) is 0 Å². The average Bonchev–Trinajstić information content (AvgIpc) is 2.70. The summed E-state index contributed by atoms with van der Waals surface area (Å²) in [6.07, 6.45) is -2.72. The molecule has 4 aliphatic rings. The van der Waals surface area contributed by atoms with E-state index in [1.807, 2.05) is 0 Å². The first-order chi connectivity index (χ1) is 11.8. The first-order valence-corrected chi connectivity index (χ1v) is 9.68. The highest BCUT2D eigenvalue weighted by molar-refractivity contribution is 5.33. The molecule has 4 aliphatic carbocycles. The minimum atomic E-state index is -1.75. The Labute approximate surface area is 154 Å². The van der Waals surface area contributed by atoms with E-state index in [1.54, 1.807) is 20.8 Å². The van der Waals surface area contributed by atoms with Gasteiger partial charge in [0.15, 0.2) is 0 Å². The highest BCUT2D eigenvalue weighted by atomic mass is 16.4. The molecular formula is C20H32O6. The summed E-state index contributed by atoms with van der Waals surface area (Å²) in [7, 11) is 0. The highest BCUT2D eigenvalue weighted by Gasteiger charge is 2.74. The molecule has 4 rings (SSSR count). The van der Waals surface area contributed by atoms with Gasteiger partial charge in [-0.15, -0.1) is 0 Å². The molecule has 6 heteroatoms. The molecule has 0 aromatic carbocycles. The first kappa shape index (κ1) is 18.8. The van der Waals surface area contributed by atoms with Crippen LogP contribution < -0.4 is 0 Å². The van der Waals surface area contributed by atoms with E-state index in [1.165, 1.54) is 0 Å². The van der Waals surface area contributed by atoms with Gasteiger partial charge in [0.2, 0.25) is 0 Å². The van der Waals surface area contributed by atoms with Crippen molar-refractivity contribution in [3.63, 3.8) is 0 Å². The predicted octanol–water partition coefficient (Wildman–Crippen LogP) is -0.0557. The summed E-state index contributed by atoms with van der Waals surface area (Å²) in [6, 6.07) is 0. The summed E-state index contributed by atoms with van der Waals surface area (Å²) in [4.78, 5) is 0. The van der Waals surface area contributed by atoms with Crippen molar-refractivity contribution in [2.75, 3.05) is 0 Å². The molecule has 148 valence electrons. The molecule has 6 nitrogen and oxygen atoms in total. The molecule has 2 unspecified atom stereocenters. The van der Waals surface area contributed by atoms with Crippen LogP contribution in [0.4, 0.5) is 0 Å². The third-order valence-corrected chi connectivity index (χ3v) is 8.76. The van der Waals surface area contributed by atoms with Crippen molar-refractivity contribution in [1.82, 2.24) is 0 Å². The van der Waals surface area contributed by atoms with E-state index >= 15 is 0 Å². The molecule has 4 saturated carbocycles. The Morgan fingerprint density at radius 2 is 1.58 bits per heavy atom. The predicted molar refractivity (Wildman–Crippen MR) is 93.9 cm³/mol. The SMILES string of the molecule is C=C1[C@@H]2[C@H](O)[C@H](O)C(C)(C)[C@@]2(O)[C@H](O)CC23C[C@@](C)(O)C(CC[C@@H]12)[C@@H]3O. The van der Waals surface area contributed by atoms with Gasteiger partial charge in [-0.05, 0) is 38.5 Å². The van der Waals surface area contributed by atoms with Crippen LogP contribution in [0, 0.1) is 28.6 Å². The lowest BCUT2D eigenvalue weighted by Crippen LogP contribution is -2.57. The van der Waals surface area contributed by atoms with Gasteiger partial charge in [0.25, 0.3) is 0 Å². The van der Waals surface area contributed by atoms with Crippen molar-refractivity contribution < 1.29 is 30.6 Å². The molecule has 26 heavy (non-hydrogen) atoms. The number of hydrogen-bond acceptors (Lipinski definition) is 6. The number of aliphatic hydroxyl groups is 6. The Morgan fingerprint density at radius 3 is 2.19 bits per heavy atom. The van der Waals surface area contributed by atoms with Gasteiger partial charge >= 0.3 is 0 Å². The van der Waals surface area contributed by atoms with Crippen LogP contribution >= 0.6 is 0 Å². The summed E-state index contributed by atoms with van der Waals surface area (Å²) in [5.74, 6) is -1.37. The molecule has 6 N–H and O–H groups in total. The molecule has 0 amide bonds. The van der Waals surface area contributed by atoms with Crippen molar-refractivity contribution in [2.45, 2.75) is 82.1 Å². The number of fused-ring (bicyclic) bond motifs is 2. The monoisotopic (exact) mass is 368 g/mol. The van der Waals surface area contributed by atoms with Gasteiger partial charge in [-0.2, -0.15) is 0 Å². The molecule has 0 aromatic heterocycles. The van der Waals surface area contributed by atoms with Crippen molar-refractivity contribution in [3.8, 4) is 0 Å². The smallest absolute Gasteiger partial charge is 0.107 e. The summed E-state index contributed by atoms with van der Waals surface area (Å²) in [6.45, 7) is 9.22. The second kappa shape index (κ2) is 5.10. The van der Waals surface area contributed by atoms with Gasteiger partial charge in [-0.3, -0.25) is 0 Å². The van der Waals surface area contributed by atoms with Crippen LogP contribution in [0.3, 0.4) is 0 Å². The Kier molecular flexibility index (Phi) is 3.70. The normalized spacial score (nSPS) is 61.1. The molecule has 0 aliphatic heterocycles. The number of aliphatic hydroxyl groups excluding tert-OH is 4. The Balaban J connectivity index is 1.88. The lowest BCUT2D eigenvalue weighted by atomic mass is 9.61. The van der Waals surface area contributed by atoms with Crippen molar-refractivity contribution >= 4 is 0 Å². The standard InChI is InChI=1S/C20H32O6/c1-9-10-5-6-11-15(23)19(10,8-18(11,4)25)7-12(21)20(26)13(9)14(22)16(24)17(20,2)3/h10-16,21-26H,1,5-8H2,2-4H3/t10-,11?,12+,13+,14-,15-,16-,18+,19?,20+/m0/s1. The summed E-state index contributed by atoms with van der Waals surface area (Å²) >= 11 is 0. The minimum Gasteiger partial charge on any atom is -0.392 e. The number of hydrogen-bond donors (Lipinski definition) is 6. The van der Waals surface area contributed by atoms with Crippen LogP contribution in [-0.4, -0.2) is 66.3 Å². The fraction of sp³-hybridized carbons (Fsp3) is 0.900. The maximum atomic E-state index is 11.6. The molecule has 0 radical (unpaired) electrons. The second-order valence-electron chi connectivity index (χ2n) is 10.2. The van der Waals surface area contributed by atoms with Gasteiger partial charge in [0.1, 0.15) is 5.60 Å². The maximum absolute atomic E-state index is 11.6. The van der Waals surface area contributed by atoms with Gasteiger partial charge < -0.3 is 30.6 Å². The van der Waals surface area contributed by atoms with Crippen LogP contribution in [0.15, 0.2) is 12.2 Å². The minimum absolute atomic E-state index is 0.111. The van der Waals surface area contributed by atoms with E-state index in [4.69, 9.17) is 0 Å². The van der Waals surface area contributed by atoms with Crippen molar-refractivity contribution in [1.29, 1.82) is 0 Å². The average molecular weight is 368 g/mol. The zero-order valence-electron chi connectivity index (χ0n) is 15.8. The summed E-state index contributed by atoms with van der Waals surface area (Å²) < 4.78 is 0. The third-order valence-electron chi connectivity index (χ3n) is 8.76. The largest absolute Gasteiger partial charge is 0.392 e. The van der Waals surface area contributed by atoms with Crippen molar-refractivity contribution in [3.05, 3.63) is 12.2 Å². The van der Waals surface area contributed by atoms with Crippen LogP contribution in [0.1, 0.15) is 46.5 Å². The Morgan fingerprint density at radius 1 is 0.962 bits per heavy atom. The third kappa shape index (κ3) is 1.84. The first-order valence-electron chi connectivity index (χ1n) is 9.68. The summed E-state index contributed by atoms with van der Waals surface area (Å²) in [5.41, 5.74) is -4.13. The van der Waals surface area contributed by atoms with Crippen LogP contribution in [0.2, 0.25) is 0 Å². The Bertz CT molecular complexity index is 644. The van der Waals surface area contributed by atoms with Gasteiger partial charge in [0, 0.05) is 22.7 Å².